The summed E-state index contributed by atoms with van der Waals surface area (Å²) in [6, 6.07) is 13.2. The average Bonchev–Trinajstić information content (AvgIpc) is 3.30. The van der Waals surface area contributed by atoms with E-state index in [1.165, 1.54) is 32.1 Å². The lowest BCUT2D eigenvalue weighted by molar-refractivity contribution is -0.163. The standard InChI is InChI=1S/C37H48N2O7/c1-5-8-9-10-11-12-13-14-15-24-32(40)45-26(4)30(25-38-33(41)27-20-16-17-21-28(27)34(38)42)36(44)39-35(43)29-22-18-19-23-31(29)46-37(39,6-2)7-3/h16-23,26,30H,5-15,24-25H2,1-4H3/t26-,30+/m0/s1. The number of esters is 1. The highest BCUT2D eigenvalue weighted by molar-refractivity contribution is 6.21. The van der Waals surface area contributed by atoms with Crippen molar-refractivity contribution in [3.63, 3.8) is 0 Å². The molecule has 2 aliphatic heterocycles. The van der Waals surface area contributed by atoms with E-state index in [-0.39, 0.29) is 29.7 Å². The van der Waals surface area contributed by atoms with E-state index in [0.717, 1.165) is 29.1 Å². The Balaban J connectivity index is 1.52. The van der Waals surface area contributed by atoms with Crippen LogP contribution in [0, 0.1) is 5.92 Å². The van der Waals surface area contributed by atoms with Gasteiger partial charge in [0.05, 0.1) is 22.6 Å². The van der Waals surface area contributed by atoms with Crippen molar-refractivity contribution < 1.29 is 33.4 Å². The Labute approximate surface area is 272 Å². The predicted octanol–water partition coefficient (Wildman–Crippen LogP) is 7.33. The molecule has 9 heteroatoms. The summed E-state index contributed by atoms with van der Waals surface area (Å²) >= 11 is 0. The van der Waals surface area contributed by atoms with E-state index >= 15 is 0 Å². The number of unbranched alkanes of at least 4 members (excludes halogenated alkanes) is 8. The van der Waals surface area contributed by atoms with Gasteiger partial charge in [0.25, 0.3) is 17.7 Å². The Morgan fingerprint density at radius 3 is 1.83 bits per heavy atom. The number of para-hydroxylation sites is 1. The van der Waals surface area contributed by atoms with Gasteiger partial charge in [-0.05, 0) is 37.6 Å². The van der Waals surface area contributed by atoms with Crippen molar-refractivity contribution in [2.45, 2.75) is 117 Å². The largest absolute Gasteiger partial charge is 0.467 e. The van der Waals surface area contributed by atoms with Crippen LogP contribution in [0.25, 0.3) is 0 Å². The molecule has 0 saturated carbocycles. The Bertz CT molecular complexity index is 1380. The van der Waals surface area contributed by atoms with Crippen LogP contribution in [0.2, 0.25) is 0 Å². The van der Waals surface area contributed by atoms with Gasteiger partial charge in [0, 0.05) is 25.8 Å². The van der Waals surface area contributed by atoms with E-state index in [4.69, 9.17) is 9.47 Å². The molecule has 0 spiro atoms. The van der Waals surface area contributed by atoms with Crippen LogP contribution < -0.4 is 4.74 Å². The Morgan fingerprint density at radius 2 is 1.26 bits per heavy atom. The zero-order valence-corrected chi connectivity index (χ0v) is 27.7. The molecule has 4 amide bonds. The minimum absolute atomic E-state index is 0.196. The van der Waals surface area contributed by atoms with Gasteiger partial charge in [0.15, 0.2) is 5.72 Å². The number of imide groups is 2. The molecule has 248 valence electrons. The number of carbonyl (C=O) groups is 5. The molecule has 2 aromatic carbocycles. The zero-order valence-electron chi connectivity index (χ0n) is 27.7. The van der Waals surface area contributed by atoms with E-state index in [1.807, 2.05) is 13.8 Å². The van der Waals surface area contributed by atoms with Crippen LogP contribution >= 0.6 is 0 Å². The smallest absolute Gasteiger partial charge is 0.306 e. The first-order chi connectivity index (χ1) is 22.2. The lowest BCUT2D eigenvalue weighted by Crippen LogP contribution is -2.63. The second-order valence-electron chi connectivity index (χ2n) is 12.4. The third kappa shape index (κ3) is 7.51. The molecule has 9 nitrogen and oxygen atoms in total. The SMILES string of the molecule is CCCCCCCCCCCC(=O)O[C@@H](C)[C@@H](CN1C(=O)c2ccccc2C1=O)C(=O)N1C(=O)c2ccccc2OC1(CC)CC. The fourth-order valence-electron chi connectivity index (χ4n) is 6.42. The van der Waals surface area contributed by atoms with Crippen LogP contribution in [0.1, 0.15) is 136 Å². The van der Waals surface area contributed by atoms with Gasteiger partial charge in [-0.1, -0.05) is 96.4 Å². The first-order valence-electron chi connectivity index (χ1n) is 17.0. The second-order valence-corrected chi connectivity index (χ2v) is 12.4. The van der Waals surface area contributed by atoms with Gasteiger partial charge in [-0.3, -0.25) is 28.9 Å². The number of carbonyl (C=O) groups excluding carboxylic acids is 5. The van der Waals surface area contributed by atoms with Crippen molar-refractivity contribution in [1.82, 2.24) is 9.80 Å². The first kappa shape index (κ1) is 34.9. The number of nitrogens with zero attached hydrogens (tertiary/aromatic N) is 2. The maximum atomic E-state index is 14.6. The van der Waals surface area contributed by atoms with E-state index < -0.39 is 47.3 Å². The van der Waals surface area contributed by atoms with Crippen LogP contribution in [0.3, 0.4) is 0 Å². The fraction of sp³-hybridized carbons (Fsp3) is 0.541. The average molecular weight is 633 g/mol. The molecule has 0 radical (unpaired) electrons. The van der Waals surface area contributed by atoms with Gasteiger partial charge in [0.2, 0.25) is 5.91 Å². The number of benzene rings is 2. The van der Waals surface area contributed by atoms with Gasteiger partial charge >= 0.3 is 5.97 Å². The van der Waals surface area contributed by atoms with E-state index in [0.29, 0.717) is 25.0 Å². The van der Waals surface area contributed by atoms with Crippen molar-refractivity contribution in [2.24, 2.45) is 5.92 Å². The molecule has 0 unspecified atom stereocenters. The molecule has 2 heterocycles. The molecule has 0 saturated heterocycles. The monoisotopic (exact) mass is 632 g/mol. The van der Waals surface area contributed by atoms with Crippen molar-refractivity contribution >= 4 is 29.6 Å². The molecule has 0 aliphatic carbocycles. The molecule has 4 rings (SSSR count). The molecular weight excluding hydrogens is 584 g/mol. The van der Waals surface area contributed by atoms with Gasteiger partial charge < -0.3 is 9.47 Å². The van der Waals surface area contributed by atoms with E-state index in [1.54, 1.807) is 55.5 Å². The minimum atomic E-state index is -1.29. The van der Waals surface area contributed by atoms with Gasteiger partial charge in [-0.15, -0.1) is 0 Å². The molecule has 2 aliphatic rings. The third-order valence-electron chi connectivity index (χ3n) is 9.30. The third-order valence-corrected chi connectivity index (χ3v) is 9.30. The summed E-state index contributed by atoms with van der Waals surface area (Å²) in [5.74, 6) is -3.54. The maximum Gasteiger partial charge on any atom is 0.306 e. The predicted molar refractivity (Wildman–Crippen MR) is 174 cm³/mol. The number of rotatable bonds is 17. The van der Waals surface area contributed by atoms with Crippen molar-refractivity contribution in [3.05, 3.63) is 65.2 Å². The number of hydrogen-bond acceptors (Lipinski definition) is 7. The summed E-state index contributed by atoms with van der Waals surface area (Å²) in [5, 5.41) is 0. The molecule has 2 aromatic rings. The van der Waals surface area contributed by atoms with Crippen molar-refractivity contribution in [1.29, 1.82) is 0 Å². The lowest BCUT2D eigenvalue weighted by Gasteiger charge is -2.46. The quantitative estimate of drug-likeness (QED) is 0.102. The van der Waals surface area contributed by atoms with Crippen LogP contribution in [-0.4, -0.2) is 57.8 Å². The number of fused-ring (bicyclic) bond motifs is 2. The fourth-order valence-corrected chi connectivity index (χ4v) is 6.42. The summed E-state index contributed by atoms with van der Waals surface area (Å²) in [6.45, 7) is 7.09. The highest BCUT2D eigenvalue weighted by Gasteiger charge is 2.51. The topological polar surface area (TPSA) is 110 Å². The summed E-state index contributed by atoms with van der Waals surface area (Å²) < 4.78 is 12.1. The molecule has 0 bridgehead atoms. The van der Waals surface area contributed by atoms with Gasteiger partial charge in [-0.25, -0.2) is 4.90 Å². The Morgan fingerprint density at radius 1 is 0.739 bits per heavy atom. The molecule has 46 heavy (non-hydrogen) atoms. The van der Waals surface area contributed by atoms with Crippen LogP contribution in [0.5, 0.6) is 5.75 Å². The number of amides is 4. The Hall–Kier alpha value is -4.01. The molecule has 0 fully saturated rings. The van der Waals surface area contributed by atoms with Crippen LogP contribution in [0.15, 0.2) is 48.5 Å². The number of hydrogen-bond donors (Lipinski definition) is 0. The summed E-state index contributed by atoms with van der Waals surface area (Å²) in [5.41, 5.74) is -0.556. The van der Waals surface area contributed by atoms with Gasteiger partial charge in [0.1, 0.15) is 11.9 Å². The minimum Gasteiger partial charge on any atom is -0.467 e. The number of ether oxygens (including phenoxy) is 2. The first-order valence-corrected chi connectivity index (χ1v) is 17.0. The van der Waals surface area contributed by atoms with E-state index in [2.05, 4.69) is 6.92 Å². The zero-order chi connectivity index (χ0) is 33.3. The molecular formula is C37H48N2O7. The highest BCUT2D eigenvalue weighted by Crippen LogP contribution is 2.39. The molecule has 2 atom stereocenters. The maximum absolute atomic E-state index is 14.6. The van der Waals surface area contributed by atoms with E-state index in [9.17, 15) is 24.0 Å². The Kier molecular flexibility index (Phi) is 12.1. The molecule has 0 aromatic heterocycles. The molecule has 0 N–H and O–H groups in total. The van der Waals surface area contributed by atoms with Crippen LogP contribution in [-0.2, 0) is 14.3 Å². The summed E-state index contributed by atoms with van der Waals surface area (Å²) in [6.07, 6.45) is 9.73. The van der Waals surface area contributed by atoms with Gasteiger partial charge in [-0.2, -0.15) is 0 Å². The van der Waals surface area contributed by atoms with Crippen LogP contribution in [0.4, 0.5) is 0 Å². The summed E-state index contributed by atoms with van der Waals surface area (Å²) in [7, 11) is 0. The van der Waals surface area contributed by atoms with Crippen molar-refractivity contribution in [2.75, 3.05) is 6.54 Å². The van der Waals surface area contributed by atoms with Crippen molar-refractivity contribution in [3.8, 4) is 5.75 Å². The second kappa shape index (κ2) is 16.0. The highest BCUT2D eigenvalue weighted by atomic mass is 16.5. The summed E-state index contributed by atoms with van der Waals surface area (Å²) in [4.78, 5) is 70.3. The lowest BCUT2D eigenvalue weighted by atomic mass is 9.94. The normalized spacial score (nSPS) is 16.5.